The first kappa shape index (κ1) is 16.7. The lowest BCUT2D eigenvalue weighted by molar-refractivity contribution is 0.305. The third kappa shape index (κ3) is 4.24. The molecule has 2 aromatic heterocycles. The second-order valence-corrected chi connectivity index (χ2v) is 5.78. The van der Waals surface area contributed by atoms with E-state index < -0.39 is 0 Å². The van der Waals surface area contributed by atoms with Crippen LogP contribution < -0.4 is 9.47 Å². The van der Waals surface area contributed by atoms with Gasteiger partial charge in [-0.1, -0.05) is 18.2 Å². The normalized spacial score (nSPS) is 10.5. The largest absolute Gasteiger partial charge is 0.491 e. The molecule has 134 valence electrons. The third-order valence-corrected chi connectivity index (χ3v) is 3.81. The van der Waals surface area contributed by atoms with Gasteiger partial charge in [-0.2, -0.15) is 0 Å². The maximum absolute atomic E-state index is 9.25. The molecule has 4 aromatic rings. The van der Waals surface area contributed by atoms with Crippen molar-refractivity contribution in [2.45, 2.75) is 6.61 Å². The molecule has 2 heterocycles. The number of para-hydroxylation sites is 1. The summed E-state index contributed by atoms with van der Waals surface area (Å²) in [5, 5.41) is 12.7. The first-order valence-corrected chi connectivity index (χ1v) is 8.33. The number of hydrogen-bond donors (Lipinski definition) is 1. The topological polar surface area (TPSA) is 77.6 Å². The van der Waals surface area contributed by atoms with Gasteiger partial charge >= 0.3 is 0 Å². The van der Waals surface area contributed by atoms with Crippen LogP contribution in [0, 0.1) is 0 Å². The molecule has 1 N–H and O–H groups in total. The summed E-state index contributed by atoms with van der Waals surface area (Å²) in [7, 11) is 0. The quantitative estimate of drug-likeness (QED) is 0.531. The van der Waals surface area contributed by atoms with Crippen LogP contribution in [0.4, 0.5) is 0 Å². The number of hydrogen-bond acceptors (Lipinski definition) is 6. The second kappa shape index (κ2) is 7.61. The Kier molecular flexibility index (Phi) is 4.70. The molecule has 6 heteroatoms. The lowest BCUT2D eigenvalue weighted by atomic mass is 10.2. The molecule has 0 fully saturated rings. The number of nitrogens with zero attached hydrogens (tertiary/aromatic N) is 2. The Labute approximate surface area is 155 Å². The molecule has 0 saturated heterocycles. The minimum absolute atomic E-state index is 0.142. The molecule has 0 saturated carbocycles. The van der Waals surface area contributed by atoms with E-state index in [2.05, 4.69) is 10.1 Å². The van der Waals surface area contributed by atoms with E-state index in [1.165, 1.54) is 6.07 Å². The molecular formula is C21H16N2O4. The van der Waals surface area contributed by atoms with E-state index in [4.69, 9.17) is 14.0 Å². The predicted octanol–water partition coefficient (Wildman–Crippen LogP) is 4.81. The highest BCUT2D eigenvalue weighted by Gasteiger charge is 2.06. The molecule has 4 rings (SSSR count). The summed E-state index contributed by atoms with van der Waals surface area (Å²) in [5.74, 6) is 2.32. The first-order valence-electron chi connectivity index (χ1n) is 8.33. The zero-order valence-corrected chi connectivity index (χ0v) is 14.3. The molecule has 0 radical (unpaired) electrons. The van der Waals surface area contributed by atoms with Crippen LogP contribution in [0.15, 0.2) is 83.5 Å². The molecule has 0 aliphatic rings. The second-order valence-electron chi connectivity index (χ2n) is 5.78. The molecule has 0 spiro atoms. The maximum Gasteiger partial charge on any atom is 0.252 e. The highest BCUT2D eigenvalue weighted by molar-refractivity contribution is 5.58. The van der Waals surface area contributed by atoms with E-state index in [0.29, 0.717) is 24.0 Å². The number of aromatic nitrogens is 2. The molecule has 0 atom stereocenters. The van der Waals surface area contributed by atoms with Crippen molar-refractivity contribution in [3.05, 3.63) is 84.6 Å². The number of aromatic hydroxyl groups is 1. The summed E-state index contributed by atoms with van der Waals surface area (Å²) >= 11 is 0. The smallest absolute Gasteiger partial charge is 0.252 e. The van der Waals surface area contributed by atoms with Gasteiger partial charge in [0, 0.05) is 23.9 Å². The molecule has 0 aliphatic carbocycles. The summed E-state index contributed by atoms with van der Waals surface area (Å²) in [5.41, 5.74) is 1.75. The SMILES string of the molecule is Oc1cc(-c2ccc(OCc3ccnc(Oc4ccccc4)c3)cc2)on1. The molecule has 0 aliphatic heterocycles. The Morgan fingerprint density at radius 2 is 1.70 bits per heavy atom. The van der Waals surface area contributed by atoms with Crippen molar-refractivity contribution in [1.82, 2.24) is 10.1 Å². The predicted molar refractivity (Wildman–Crippen MR) is 98.7 cm³/mol. The summed E-state index contributed by atoms with van der Waals surface area (Å²) in [4.78, 5) is 4.22. The summed E-state index contributed by atoms with van der Waals surface area (Å²) in [6.45, 7) is 0.385. The highest BCUT2D eigenvalue weighted by atomic mass is 16.5. The maximum atomic E-state index is 9.25. The zero-order chi connectivity index (χ0) is 18.5. The number of pyridine rings is 1. The fraction of sp³-hybridized carbons (Fsp3) is 0.0476. The molecule has 2 aromatic carbocycles. The van der Waals surface area contributed by atoms with Crippen molar-refractivity contribution in [3.63, 3.8) is 0 Å². The molecule has 0 bridgehead atoms. The van der Waals surface area contributed by atoms with Crippen molar-refractivity contribution in [1.29, 1.82) is 0 Å². The number of benzene rings is 2. The molecule has 6 nitrogen and oxygen atoms in total. The van der Waals surface area contributed by atoms with Crippen LogP contribution in [-0.4, -0.2) is 15.2 Å². The number of ether oxygens (including phenoxy) is 2. The van der Waals surface area contributed by atoms with Crippen LogP contribution in [-0.2, 0) is 6.61 Å². The van der Waals surface area contributed by atoms with Crippen LogP contribution in [0.25, 0.3) is 11.3 Å². The van der Waals surface area contributed by atoms with Crippen molar-refractivity contribution in [3.8, 4) is 34.6 Å². The van der Waals surface area contributed by atoms with E-state index in [9.17, 15) is 5.11 Å². The van der Waals surface area contributed by atoms with Gasteiger partial charge in [0.05, 0.1) is 0 Å². The van der Waals surface area contributed by atoms with E-state index in [-0.39, 0.29) is 5.88 Å². The van der Waals surface area contributed by atoms with Gasteiger partial charge in [-0.3, -0.25) is 0 Å². The van der Waals surface area contributed by atoms with Crippen molar-refractivity contribution < 1.29 is 19.1 Å². The molecular weight excluding hydrogens is 344 g/mol. The highest BCUT2D eigenvalue weighted by Crippen LogP contribution is 2.25. The van der Waals surface area contributed by atoms with Crippen LogP contribution in [0.2, 0.25) is 0 Å². The lowest BCUT2D eigenvalue weighted by Gasteiger charge is -2.09. The van der Waals surface area contributed by atoms with Crippen LogP contribution in [0.3, 0.4) is 0 Å². The Morgan fingerprint density at radius 1 is 0.889 bits per heavy atom. The Balaban J connectivity index is 1.39. The summed E-state index contributed by atoms with van der Waals surface area (Å²) in [6, 6.07) is 22.0. The van der Waals surface area contributed by atoms with Crippen molar-refractivity contribution in [2.24, 2.45) is 0 Å². The van der Waals surface area contributed by atoms with Gasteiger partial charge in [-0.15, -0.1) is 0 Å². The standard InChI is InChI=1S/C21H16N2O4/c24-20-13-19(27-23-20)16-6-8-17(9-7-16)25-14-15-10-11-22-21(12-15)26-18-4-2-1-3-5-18/h1-13H,14H2,(H,23,24). The molecule has 0 unspecified atom stereocenters. The van der Waals surface area contributed by atoms with Gasteiger partial charge in [-0.25, -0.2) is 4.98 Å². The average molecular weight is 360 g/mol. The van der Waals surface area contributed by atoms with E-state index in [1.807, 2.05) is 66.7 Å². The lowest BCUT2D eigenvalue weighted by Crippen LogP contribution is -1.97. The molecule has 27 heavy (non-hydrogen) atoms. The van der Waals surface area contributed by atoms with Gasteiger partial charge in [0.25, 0.3) is 5.88 Å². The van der Waals surface area contributed by atoms with Gasteiger partial charge in [0.15, 0.2) is 5.76 Å². The fourth-order valence-corrected chi connectivity index (χ4v) is 2.49. The van der Waals surface area contributed by atoms with Crippen LogP contribution in [0.5, 0.6) is 23.3 Å². The average Bonchev–Trinajstić information content (AvgIpc) is 3.14. The number of rotatable bonds is 6. The Hall–Kier alpha value is -3.80. The zero-order valence-electron chi connectivity index (χ0n) is 14.3. The van der Waals surface area contributed by atoms with E-state index in [0.717, 1.165) is 16.9 Å². The van der Waals surface area contributed by atoms with Gasteiger partial charge in [0.1, 0.15) is 18.1 Å². The van der Waals surface area contributed by atoms with Gasteiger partial charge in [-0.05, 0) is 53.2 Å². The minimum atomic E-state index is -0.142. The summed E-state index contributed by atoms with van der Waals surface area (Å²) in [6.07, 6.45) is 1.69. The van der Waals surface area contributed by atoms with Crippen molar-refractivity contribution in [2.75, 3.05) is 0 Å². The van der Waals surface area contributed by atoms with E-state index in [1.54, 1.807) is 6.20 Å². The Morgan fingerprint density at radius 3 is 2.44 bits per heavy atom. The van der Waals surface area contributed by atoms with Crippen LogP contribution in [0.1, 0.15) is 5.56 Å². The monoisotopic (exact) mass is 360 g/mol. The van der Waals surface area contributed by atoms with Crippen molar-refractivity contribution >= 4 is 0 Å². The van der Waals surface area contributed by atoms with Crippen LogP contribution >= 0.6 is 0 Å². The first-order chi connectivity index (χ1) is 13.3. The Bertz CT molecular complexity index is 1010. The van der Waals surface area contributed by atoms with Gasteiger partial charge in [0.2, 0.25) is 5.88 Å². The fourth-order valence-electron chi connectivity index (χ4n) is 2.49. The third-order valence-electron chi connectivity index (χ3n) is 3.81. The summed E-state index contributed by atoms with van der Waals surface area (Å²) < 4.78 is 16.6. The van der Waals surface area contributed by atoms with E-state index >= 15 is 0 Å². The molecule has 0 amide bonds. The van der Waals surface area contributed by atoms with Gasteiger partial charge < -0.3 is 19.1 Å². The minimum Gasteiger partial charge on any atom is -0.491 e.